The van der Waals surface area contributed by atoms with Gasteiger partial charge in [0.1, 0.15) is 0 Å². The summed E-state index contributed by atoms with van der Waals surface area (Å²) in [6, 6.07) is 7.83. The first kappa shape index (κ1) is 13.7. The van der Waals surface area contributed by atoms with E-state index in [0.29, 0.717) is 6.54 Å². The second-order valence-corrected chi connectivity index (χ2v) is 4.06. The highest BCUT2D eigenvalue weighted by Crippen LogP contribution is 2.09. The van der Waals surface area contributed by atoms with Crippen LogP contribution in [-0.4, -0.2) is 42.7 Å². The molecule has 0 bridgehead atoms. The molecule has 0 saturated heterocycles. The zero-order valence-corrected chi connectivity index (χ0v) is 10.4. The van der Waals surface area contributed by atoms with Crippen molar-refractivity contribution in [3.63, 3.8) is 0 Å². The monoisotopic (exact) mass is 236 g/mol. The standard InChI is InChI=1S/C13H20N2O2/c1-3-11-4-6-12(7-5-11)14-13(17)10-15(2)8-9-16/h4-7,16H,3,8-10H2,1-2H3,(H,14,17). The van der Waals surface area contributed by atoms with E-state index in [9.17, 15) is 4.79 Å². The molecule has 0 fully saturated rings. The molecule has 0 aliphatic rings. The summed E-state index contributed by atoms with van der Waals surface area (Å²) in [7, 11) is 1.80. The molecule has 2 N–H and O–H groups in total. The number of aryl methyl sites for hydroxylation is 1. The Balaban J connectivity index is 2.44. The van der Waals surface area contributed by atoms with Crippen LogP contribution in [0.25, 0.3) is 0 Å². The van der Waals surface area contributed by atoms with Crippen molar-refractivity contribution in [1.82, 2.24) is 4.90 Å². The van der Waals surface area contributed by atoms with E-state index in [1.807, 2.05) is 24.3 Å². The molecule has 1 aromatic rings. The van der Waals surface area contributed by atoms with Gasteiger partial charge in [-0.25, -0.2) is 0 Å². The van der Waals surface area contributed by atoms with Crippen molar-refractivity contribution in [2.45, 2.75) is 13.3 Å². The van der Waals surface area contributed by atoms with Crippen molar-refractivity contribution in [3.8, 4) is 0 Å². The Morgan fingerprint density at radius 1 is 1.35 bits per heavy atom. The van der Waals surface area contributed by atoms with Gasteiger partial charge in [-0.05, 0) is 31.2 Å². The minimum atomic E-state index is -0.0646. The zero-order valence-electron chi connectivity index (χ0n) is 10.4. The van der Waals surface area contributed by atoms with Crippen molar-refractivity contribution in [1.29, 1.82) is 0 Å². The molecule has 0 aromatic heterocycles. The number of anilines is 1. The lowest BCUT2D eigenvalue weighted by atomic mass is 10.1. The highest BCUT2D eigenvalue weighted by atomic mass is 16.3. The summed E-state index contributed by atoms with van der Waals surface area (Å²) in [5, 5.41) is 11.5. The summed E-state index contributed by atoms with van der Waals surface area (Å²) in [5.41, 5.74) is 2.06. The number of carbonyl (C=O) groups excluding carboxylic acids is 1. The van der Waals surface area contributed by atoms with E-state index in [-0.39, 0.29) is 19.1 Å². The Morgan fingerprint density at radius 3 is 2.53 bits per heavy atom. The number of hydrogen-bond acceptors (Lipinski definition) is 3. The fourth-order valence-corrected chi connectivity index (χ4v) is 1.52. The first-order valence-corrected chi connectivity index (χ1v) is 5.84. The van der Waals surface area contributed by atoms with Gasteiger partial charge in [-0.1, -0.05) is 19.1 Å². The number of benzene rings is 1. The van der Waals surface area contributed by atoms with Crippen LogP contribution in [0.1, 0.15) is 12.5 Å². The Bertz CT molecular complexity index is 349. The van der Waals surface area contributed by atoms with E-state index >= 15 is 0 Å². The largest absolute Gasteiger partial charge is 0.395 e. The fraction of sp³-hybridized carbons (Fsp3) is 0.462. The Labute approximate surface area is 102 Å². The quantitative estimate of drug-likeness (QED) is 0.778. The molecular formula is C13H20N2O2. The van der Waals surface area contributed by atoms with Crippen LogP contribution in [0.15, 0.2) is 24.3 Å². The SMILES string of the molecule is CCc1ccc(NC(=O)CN(C)CCO)cc1. The van der Waals surface area contributed by atoms with Gasteiger partial charge in [-0.2, -0.15) is 0 Å². The first-order valence-electron chi connectivity index (χ1n) is 5.84. The third-order valence-electron chi connectivity index (χ3n) is 2.54. The van der Waals surface area contributed by atoms with Crippen LogP contribution in [0.5, 0.6) is 0 Å². The molecule has 4 heteroatoms. The Kier molecular flexibility index (Phi) is 5.66. The molecule has 0 spiro atoms. The maximum Gasteiger partial charge on any atom is 0.238 e. The number of rotatable bonds is 6. The first-order chi connectivity index (χ1) is 8.15. The van der Waals surface area contributed by atoms with E-state index in [2.05, 4.69) is 12.2 Å². The van der Waals surface area contributed by atoms with Gasteiger partial charge in [0.2, 0.25) is 5.91 Å². The number of likely N-dealkylation sites (N-methyl/N-ethyl adjacent to an activating group) is 1. The summed E-state index contributed by atoms with van der Waals surface area (Å²) < 4.78 is 0. The van der Waals surface area contributed by atoms with Crippen molar-refractivity contribution in [3.05, 3.63) is 29.8 Å². The number of nitrogens with zero attached hydrogens (tertiary/aromatic N) is 1. The van der Waals surface area contributed by atoms with Crippen molar-refractivity contribution >= 4 is 11.6 Å². The van der Waals surface area contributed by atoms with Crippen LogP contribution in [0.3, 0.4) is 0 Å². The molecule has 1 amide bonds. The summed E-state index contributed by atoms with van der Waals surface area (Å²) >= 11 is 0. The van der Waals surface area contributed by atoms with Crippen LogP contribution in [0.2, 0.25) is 0 Å². The van der Waals surface area contributed by atoms with Gasteiger partial charge in [0.25, 0.3) is 0 Å². The van der Waals surface area contributed by atoms with E-state index in [4.69, 9.17) is 5.11 Å². The van der Waals surface area contributed by atoms with Crippen LogP contribution in [-0.2, 0) is 11.2 Å². The van der Waals surface area contributed by atoms with Crippen molar-refractivity contribution < 1.29 is 9.90 Å². The minimum Gasteiger partial charge on any atom is -0.395 e. The van der Waals surface area contributed by atoms with Gasteiger partial charge < -0.3 is 10.4 Å². The fourth-order valence-electron chi connectivity index (χ4n) is 1.52. The lowest BCUT2D eigenvalue weighted by Gasteiger charge is -2.14. The third-order valence-corrected chi connectivity index (χ3v) is 2.54. The van der Waals surface area contributed by atoms with E-state index < -0.39 is 0 Å². The van der Waals surface area contributed by atoms with Crippen molar-refractivity contribution in [2.24, 2.45) is 0 Å². The minimum absolute atomic E-state index is 0.0645. The van der Waals surface area contributed by atoms with Gasteiger partial charge >= 0.3 is 0 Å². The average molecular weight is 236 g/mol. The van der Waals surface area contributed by atoms with Crippen LogP contribution in [0, 0.1) is 0 Å². The lowest BCUT2D eigenvalue weighted by Crippen LogP contribution is -2.32. The topological polar surface area (TPSA) is 52.6 Å². The Hall–Kier alpha value is -1.39. The summed E-state index contributed by atoms with van der Waals surface area (Å²) in [6.45, 7) is 2.95. The van der Waals surface area contributed by atoms with E-state index in [1.54, 1.807) is 11.9 Å². The predicted molar refractivity (Wildman–Crippen MR) is 69.0 cm³/mol. The molecule has 0 aliphatic carbocycles. The molecule has 0 aliphatic heterocycles. The maximum absolute atomic E-state index is 11.6. The Morgan fingerprint density at radius 2 is 2.00 bits per heavy atom. The van der Waals surface area contributed by atoms with Gasteiger partial charge in [0.15, 0.2) is 0 Å². The van der Waals surface area contributed by atoms with Crippen molar-refractivity contribution in [2.75, 3.05) is 32.1 Å². The predicted octanol–water partition coefficient (Wildman–Crippen LogP) is 1.11. The van der Waals surface area contributed by atoms with Crippen LogP contribution in [0.4, 0.5) is 5.69 Å². The molecule has 1 rings (SSSR count). The zero-order chi connectivity index (χ0) is 12.7. The number of nitrogens with one attached hydrogen (secondary N) is 1. The van der Waals surface area contributed by atoms with E-state index in [1.165, 1.54) is 5.56 Å². The molecule has 0 atom stereocenters. The molecule has 0 radical (unpaired) electrons. The number of hydrogen-bond donors (Lipinski definition) is 2. The van der Waals surface area contributed by atoms with Crippen LogP contribution >= 0.6 is 0 Å². The number of aliphatic hydroxyl groups is 1. The molecular weight excluding hydrogens is 216 g/mol. The van der Waals surface area contributed by atoms with Gasteiger partial charge in [-0.3, -0.25) is 9.69 Å². The highest BCUT2D eigenvalue weighted by molar-refractivity contribution is 5.92. The normalized spacial score (nSPS) is 10.6. The second-order valence-electron chi connectivity index (χ2n) is 4.06. The molecule has 4 nitrogen and oxygen atoms in total. The summed E-state index contributed by atoms with van der Waals surface area (Å²) in [5.74, 6) is -0.0646. The number of amides is 1. The molecule has 17 heavy (non-hydrogen) atoms. The molecule has 0 heterocycles. The third kappa shape index (κ3) is 4.97. The van der Waals surface area contributed by atoms with Gasteiger partial charge in [-0.15, -0.1) is 0 Å². The summed E-state index contributed by atoms with van der Waals surface area (Å²) in [4.78, 5) is 13.4. The summed E-state index contributed by atoms with van der Waals surface area (Å²) in [6.07, 6.45) is 0.994. The number of aliphatic hydroxyl groups excluding tert-OH is 1. The van der Waals surface area contributed by atoms with E-state index in [0.717, 1.165) is 12.1 Å². The smallest absolute Gasteiger partial charge is 0.238 e. The second kappa shape index (κ2) is 7.04. The van der Waals surface area contributed by atoms with Crippen LogP contribution < -0.4 is 5.32 Å². The number of carbonyl (C=O) groups is 1. The highest BCUT2D eigenvalue weighted by Gasteiger charge is 2.05. The lowest BCUT2D eigenvalue weighted by molar-refractivity contribution is -0.117. The average Bonchev–Trinajstić information content (AvgIpc) is 2.30. The molecule has 1 aromatic carbocycles. The molecule has 0 saturated carbocycles. The maximum atomic E-state index is 11.6. The van der Waals surface area contributed by atoms with Gasteiger partial charge in [0.05, 0.1) is 13.2 Å². The van der Waals surface area contributed by atoms with Gasteiger partial charge in [0, 0.05) is 12.2 Å². The molecule has 0 unspecified atom stereocenters. The molecule has 94 valence electrons.